The van der Waals surface area contributed by atoms with Crippen LogP contribution in [0.25, 0.3) is 10.1 Å². The molecule has 1 fully saturated rings. The first kappa shape index (κ1) is 46.8. The van der Waals surface area contributed by atoms with Gasteiger partial charge in [-0.2, -0.15) is 0 Å². The van der Waals surface area contributed by atoms with E-state index in [1.807, 2.05) is 152 Å². The average Bonchev–Trinajstić information content (AvgIpc) is 3.84. The standard InChI is InChI=1S/C62H55FO6S/c1-64-54-39-55(65-40-44-22-8-2-9-23-44)53(38-48(54)37-52-36-47-28-20-21-35-57(47)70-52)59-61(67-42-46-26-12-4-13-27-46)60(66-41-45-24-10-3-11-25-45)58(63)56(69-59)43-68-62(49-29-14-5-15-30-49,50-31-16-6-17-32-50)51-33-18-7-19-34-51/h2-36,38-39,56,58-61H,37,40-43H2,1H3/t56-,58-,59+,60+,61+/m1/s1. The summed E-state index contributed by atoms with van der Waals surface area (Å²) < 4.78 is 60.8. The van der Waals surface area contributed by atoms with E-state index in [1.165, 1.54) is 15.0 Å². The SMILES string of the molecule is COc1cc(OCc2ccccc2)c([C@@H]2O[C@H](COC(c3ccccc3)(c3ccccc3)c3ccccc3)[C@@H](F)[C@H](OCc3ccccc3)[C@H]2OCc2ccccc2)cc1Cc1cc2ccccc2s1. The third-order valence-corrected chi connectivity index (χ3v) is 14.1. The normalized spacial score (nSPS) is 18.1. The maximum absolute atomic E-state index is 18.3. The van der Waals surface area contributed by atoms with Gasteiger partial charge in [0, 0.05) is 27.6 Å². The smallest absolute Gasteiger partial charge is 0.157 e. The van der Waals surface area contributed by atoms with Crippen LogP contribution in [0, 0.1) is 0 Å². The number of ether oxygens (including phenoxy) is 6. The van der Waals surface area contributed by atoms with Crippen LogP contribution in [-0.2, 0) is 50.8 Å². The van der Waals surface area contributed by atoms with E-state index in [4.69, 9.17) is 28.4 Å². The van der Waals surface area contributed by atoms with Crippen LogP contribution in [0.4, 0.5) is 4.39 Å². The quantitative estimate of drug-likeness (QED) is 0.0753. The van der Waals surface area contributed by atoms with Gasteiger partial charge in [0.05, 0.1) is 26.9 Å². The summed E-state index contributed by atoms with van der Waals surface area (Å²) in [5.74, 6) is 1.20. The van der Waals surface area contributed by atoms with Crippen LogP contribution in [0.3, 0.4) is 0 Å². The number of hydrogen-bond donors (Lipinski definition) is 0. The summed E-state index contributed by atoms with van der Waals surface area (Å²) in [6, 6.07) is 74.8. The molecule has 1 saturated heterocycles. The predicted octanol–water partition coefficient (Wildman–Crippen LogP) is 14.0. The van der Waals surface area contributed by atoms with Crippen molar-refractivity contribution in [3.8, 4) is 11.5 Å². The molecule has 0 spiro atoms. The van der Waals surface area contributed by atoms with E-state index in [1.54, 1.807) is 18.4 Å². The highest BCUT2D eigenvalue weighted by atomic mass is 32.1. The molecule has 5 atom stereocenters. The van der Waals surface area contributed by atoms with Crippen molar-refractivity contribution in [1.29, 1.82) is 0 Å². The van der Waals surface area contributed by atoms with E-state index in [0.29, 0.717) is 23.5 Å². The minimum Gasteiger partial charge on any atom is -0.496 e. The number of hydrogen-bond acceptors (Lipinski definition) is 7. The summed E-state index contributed by atoms with van der Waals surface area (Å²) in [7, 11) is 1.68. The Balaban J connectivity index is 1.11. The van der Waals surface area contributed by atoms with Gasteiger partial charge in [-0.05, 0) is 62.5 Å². The molecule has 0 N–H and O–H groups in total. The molecular formula is C62H55FO6S. The van der Waals surface area contributed by atoms with Gasteiger partial charge >= 0.3 is 0 Å². The number of methoxy groups -OCH3 is 1. The fourth-order valence-corrected chi connectivity index (χ4v) is 10.6. The monoisotopic (exact) mass is 946 g/mol. The minimum atomic E-state index is -1.69. The molecule has 1 aromatic heterocycles. The molecule has 0 aliphatic carbocycles. The highest BCUT2D eigenvalue weighted by Crippen LogP contribution is 2.46. The van der Waals surface area contributed by atoms with E-state index in [0.717, 1.165) is 38.9 Å². The van der Waals surface area contributed by atoms with Crippen LogP contribution < -0.4 is 9.47 Å². The van der Waals surface area contributed by atoms with Crippen LogP contribution in [0.15, 0.2) is 224 Å². The number of benzene rings is 8. The molecule has 0 radical (unpaired) electrons. The minimum absolute atomic E-state index is 0.141. The lowest BCUT2D eigenvalue weighted by Crippen LogP contribution is -2.56. The lowest BCUT2D eigenvalue weighted by atomic mass is 9.80. The van der Waals surface area contributed by atoms with E-state index < -0.39 is 36.2 Å². The fourth-order valence-electron chi connectivity index (χ4n) is 9.51. The number of fused-ring (bicyclic) bond motifs is 1. The molecule has 8 heteroatoms. The van der Waals surface area contributed by atoms with Crippen molar-refractivity contribution >= 4 is 21.4 Å². The van der Waals surface area contributed by atoms with Gasteiger partial charge in [-0.1, -0.05) is 200 Å². The summed E-state index contributed by atoms with van der Waals surface area (Å²) in [5, 5.41) is 1.18. The maximum Gasteiger partial charge on any atom is 0.157 e. The van der Waals surface area contributed by atoms with Gasteiger partial charge < -0.3 is 28.4 Å². The molecule has 6 nitrogen and oxygen atoms in total. The Morgan fingerprint density at radius 3 is 1.54 bits per heavy atom. The van der Waals surface area contributed by atoms with Crippen LogP contribution in [-0.4, -0.2) is 38.2 Å². The van der Waals surface area contributed by atoms with E-state index >= 15 is 4.39 Å². The van der Waals surface area contributed by atoms with E-state index in [2.05, 4.69) is 72.8 Å². The third kappa shape index (κ3) is 10.5. The zero-order valence-corrected chi connectivity index (χ0v) is 39.8. The molecule has 1 aliphatic heterocycles. The van der Waals surface area contributed by atoms with Gasteiger partial charge in [0.1, 0.15) is 48.1 Å². The highest BCUT2D eigenvalue weighted by molar-refractivity contribution is 7.19. The summed E-state index contributed by atoms with van der Waals surface area (Å²) >= 11 is 1.75. The Morgan fingerprint density at radius 1 is 0.529 bits per heavy atom. The molecule has 9 aromatic rings. The average molecular weight is 947 g/mol. The van der Waals surface area contributed by atoms with Gasteiger partial charge in [0.2, 0.25) is 0 Å². The lowest BCUT2D eigenvalue weighted by molar-refractivity contribution is -0.252. The molecule has 2 heterocycles. The first-order valence-corrected chi connectivity index (χ1v) is 24.6. The summed E-state index contributed by atoms with van der Waals surface area (Å²) in [6.07, 6.45) is -5.19. The first-order valence-electron chi connectivity index (χ1n) is 23.8. The Hall–Kier alpha value is -6.91. The Bertz CT molecular complexity index is 2900. The summed E-state index contributed by atoms with van der Waals surface area (Å²) in [6.45, 7) is 0.470. The lowest BCUT2D eigenvalue weighted by Gasteiger charge is -2.45. The molecule has 0 amide bonds. The van der Waals surface area contributed by atoms with Crippen molar-refractivity contribution in [2.24, 2.45) is 0 Å². The number of alkyl halides is 1. The predicted molar refractivity (Wildman–Crippen MR) is 276 cm³/mol. The highest BCUT2D eigenvalue weighted by Gasteiger charge is 2.51. The Labute approximate surface area is 413 Å². The van der Waals surface area contributed by atoms with Gasteiger partial charge in [-0.3, -0.25) is 0 Å². The number of thiophene rings is 1. The van der Waals surface area contributed by atoms with E-state index in [-0.39, 0.29) is 26.4 Å². The van der Waals surface area contributed by atoms with Gasteiger partial charge in [0.15, 0.2) is 6.17 Å². The van der Waals surface area contributed by atoms with Crippen molar-refractivity contribution in [2.45, 2.75) is 62.4 Å². The zero-order valence-electron chi connectivity index (χ0n) is 39.0. The molecule has 1 aliphatic rings. The van der Waals surface area contributed by atoms with Crippen LogP contribution >= 0.6 is 11.3 Å². The summed E-state index contributed by atoms with van der Waals surface area (Å²) in [5.41, 5.74) is 6.00. The number of halogens is 1. The second-order valence-corrected chi connectivity index (χ2v) is 18.7. The molecule has 352 valence electrons. The second-order valence-electron chi connectivity index (χ2n) is 17.6. The van der Waals surface area contributed by atoms with Crippen molar-refractivity contribution in [3.63, 3.8) is 0 Å². The molecule has 0 saturated carbocycles. The first-order chi connectivity index (χ1) is 34.6. The largest absolute Gasteiger partial charge is 0.496 e. The van der Waals surface area contributed by atoms with E-state index in [9.17, 15) is 0 Å². The van der Waals surface area contributed by atoms with Crippen molar-refractivity contribution in [3.05, 3.63) is 274 Å². The van der Waals surface area contributed by atoms with Crippen molar-refractivity contribution in [1.82, 2.24) is 0 Å². The topological polar surface area (TPSA) is 55.4 Å². The van der Waals surface area contributed by atoms with Crippen LogP contribution in [0.5, 0.6) is 11.5 Å². The zero-order chi connectivity index (χ0) is 47.5. The molecule has 70 heavy (non-hydrogen) atoms. The van der Waals surface area contributed by atoms with Crippen LogP contribution in [0.1, 0.15) is 55.5 Å². The molecular weight excluding hydrogens is 892 g/mol. The molecule has 8 aromatic carbocycles. The Kier molecular flexibility index (Phi) is 14.9. The second kappa shape index (κ2) is 22.2. The summed E-state index contributed by atoms with van der Waals surface area (Å²) in [4.78, 5) is 1.17. The maximum atomic E-state index is 18.3. The Morgan fingerprint density at radius 2 is 1.01 bits per heavy atom. The van der Waals surface area contributed by atoms with Crippen molar-refractivity contribution in [2.75, 3.05) is 13.7 Å². The fraction of sp³-hybridized carbons (Fsp3) is 0.194. The molecule has 0 unspecified atom stereocenters. The molecule has 10 rings (SSSR count). The van der Waals surface area contributed by atoms with Gasteiger partial charge in [-0.25, -0.2) is 4.39 Å². The van der Waals surface area contributed by atoms with Gasteiger partial charge in [0.25, 0.3) is 0 Å². The third-order valence-electron chi connectivity index (χ3n) is 13.0. The number of rotatable bonds is 19. The molecule has 0 bridgehead atoms. The van der Waals surface area contributed by atoms with Crippen molar-refractivity contribution < 1.29 is 32.8 Å². The van der Waals surface area contributed by atoms with Gasteiger partial charge in [-0.15, -0.1) is 11.3 Å². The van der Waals surface area contributed by atoms with Crippen LogP contribution in [0.2, 0.25) is 0 Å².